The highest BCUT2D eigenvalue weighted by atomic mass is 19.1. The molecule has 1 aliphatic rings. The van der Waals surface area contributed by atoms with Crippen molar-refractivity contribution in [3.8, 4) is 5.75 Å². The second-order valence-electron chi connectivity index (χ2n) is 5.14. The molecule has 104 valence electrons. The van der Waals surface area contributed by atoms with Gasteiger partial charge in [0, 0.05) is 18.5 Å². The van der Waals surface area contributed by atoms with Gasteiger partial charge in [0.15, 0.2) is 0 Å². The van der Waals surface area contributed by atoms with E-state index in [-0.39, 0.29) is 11.9 Å². The maximum atomic E-state index is 13.1. The van der Waals surface area contributed by atoms with Crippen molar-refractivity contribution < 1.29 is 9.13 Å². The van der Waals surface area contributed by atoms with Gasteiger partial charge in [0.05, 0.1) is 0 Å². The molecule has 0 amide bonds. The lowest BCUT2D eigenvalue weighted by Crippen LogP contribution is -2.31. The van der Waals surface area contributed by atoms with E-state index in [1.807, 2.05) is 6.07 Å². The van der Waals surface area contributed by atoms with Crippen LogP contribution in [0.4, 0.5) is 4.39 Å². The summed E-state index contributed by atoms with van der Waals surface area (Å²) in [6.07, 6.45) is 1.91. The molecule has 0 saturated carbocycles. The number of halogens is 1. The highest BCUT2D eigenvalue weighted by Gasteiger charge is 2.22. The van der Waals surface area contributed by atoms with Crippen molar-refractivity contribution in [3.05, 3.63) is 65.5 Å². The molecule has 1 heterocycles. The molecule has 3 heteroatoms. The van der Waals surface area contributed by atoms with E-state index in [1.165, 1.54) is 11.6 Å². The van der Waals surface area contributed by atoms with Crippen molar-refractivity contribution in [3.63, 3.8) is 0 Å². The molecule has 2 aromatic rings. The minimum absolute atomic E-state index is 0.113. The summed E-state index contributed by atoms with van der Waals surface area (Å²) in [6, 6.07) is 15.1. The molecule has 0 bridgehead atoms. The lowest BCUT2D eigenvalue weighted by atomic mass is 10.1. The van der Waals surface area contributed by atoms with Gasteiger partial charge >= 0.3 is 0 Å². The van der Waals surface area contributed by atoms with Crippen LogP contribution in [-0.4, -0.2) is 19.2 Å². The minimum Gasteiger partial charge on any atom is -0.488 e. The Morgan fingerprint density at radius 3 is 2.85 bits per heavy atom. The zero-order chi connectivity index (χ0) is 13.8. The fourth-order valence-corrected chi connectivity index (χ4v) is 2.54. The summed E-state index contributed by atoms with van der Waals surface area (Å²) in [7, 11) is 0. The summed E-state index contributed by atoms with van der Waals surface area (Å²) in [4.78, 5) is 0. The number of fused-ring (bicyclic) bond motifs is 1. The number of hydrogen-bond acceptors (Lipinski definition) is 2. The molecule has 1 unspecified atom stereocenters. The largest absolute Gasteiger partial charge is 0.488 e. The van der Waals surface area contributed by atoms with Crippen molar-refractivity contribution in [2.75, 3.05) is 13.1 Å². The summed E-state index contributed by atoms with van der Waals surface area (Å²) in [5.74, 6) is 0.631. The molecular weight excluding hydrogens is 253 g/mol. The second kappa shape index (κ2) is 6.06. The third-order valence-electron chi connectivity index (χ3n) is 3.57. The summed E-state index contributed by atoms with van der Waals surface area (Å²) >= 11 is 0. The maximum Gasteiger partial charge on any atom is 0.123 e. The van der Waals surface area contributed by atoms with E-state index in [4.69, 9.17) is 4.74 Å². The maximum absolute atomic E-state index is 13.1. The van der Waals surface area contributed by atoms with Crippen LogP contribution in [0.15, 0.2) is 48.5 Å². The molecule has 0 saturated heterocycles. The zero-order valence-electron chi connectivity index (χ0n) is 11.3. The molecule has 0 radical (unpaired) electrons. The summed E-state index contributed by atoms with van der Waals surface area (Å²) in [5.41, 5.74) is 2.30. The van der Waals surface area contributed by atoms with Crippen LogP contribution < -0.4 is 10.1 Å². The predicted octanol–water partition coefficient (Wildman–Crippen LogP) is 2.96. The lowest BCUT2D eigenvalue weighted by molar-refractivity contribution is 0.228. The SMILES string of the molecule is Fc1ccc2c(c1)CC(CNCCc1ccccc1)O2. The van der Waals surface area contributed by atoms with Gasteiger partial charge in [-0.25, -0.2) is 4.39 Å². The molecule has 1 aliphatic heterocycles. The monoisotopic (exact) mass is 271 g/mol. The smallest absolute Gasteiger partial charge is 0.123 e. The molecule has 20 heavy (non-hydrogen) atoms. The first kappa shape index (κ1) is 13.1. The van der Waals surface area contributed by atoms with Crippen LogP contribution in [0.2, 0.25) is 0 Å². The number of benzene rings is 2. The molecule has 0 spiro atoms. The molecule has 0 aromatic heterocycles. The van der Waals surface area contributed by atoms with Crippen molar-refractivity contribution in [2.45, 2.75) is 18.9 Å². The second-order valence-corrected chi connectivity index (χ2v) is 5.14. The van der Waals surface area contributed by atoms with E-state index in [0.717, 1.165) is 37.2 Å². The van der Waals surface area contributed by atoms with Gasteiger partial charge in [-0.2, -0.15) is 0 Å². The van der Waals surface area contributed by atoms with Gasteiger partial charge in [-0.05, 0) is 36.7 Å². The topological polar surface area (TPSA) is 21.3 Å². The van der Waals surface area contributed by atoms with Crippen LogP contribution in [-0.2, 0) is 12.8 Å². The Bertz CT molecular complexity index is 570. The van der Waals surface area contributed by atoms with Crippen LogP contribution in [0, 0.1) is 5.82 Å². The van der Waals surface area contributed by atoms with E-state index in [2.05, 4.69) is 29.6 Å². The van der Waals surface area contributed by atoms with E-state index < -0.39 is 0 Å². The Hall–Kier alpha value is -1.87. The summed E-state index contributed by atoms with van der Waals surface area (Å²) in [6.45, 7) is 1.72. The highest BCUT2D eigenvalue weighted by molar-refractivity contribution is 5.37. The van der Waals surface area contributed by atoms with Crippen LogP contribution in [0.1, 0.15) is 11.1 Å². The lowest BCUT2D eigenvalue weighted by Gasteiger charge is -2.11. The van der Waals surface area contributed by atoms with Crippen LogP contribution >= 0.6 is 0 Å². The van der Waals surface area contributed by atoms with Crippen LogP contribution in [0.5, 0.6) is 5.75 Å². The average molecular weight is 271 g/mol. The first-order valence-electron chi connectivity index (χ1n) is 7.01. The van der Waals surface area contributed by atoms with Crippen molar-refractivity contribution in [2.24, 2.45) is 0 Å². The third-order valence-corrected chi connectivity index (χ3v) is 3.57. The standard InChI is InChI=1S/C17H18FNO/c18-15-6-7-17-14(10-15)11-16(20-17)12-19-9-8-13-4-2-1-3-5-13/h1-7,10,16,19H,8-9,11-12H2. The van der Waals surface area contributed by atoms with Gasteiger partial charge in [0.25, 0.3) is 0 Å². The van der Waals surface area contributed by atoms with Gasteiger partial charge in [-0.3, -0.25) is 0 Å². The first-order chi connectivity index (χ1) is 9.81. The molecule has 1 N–H and O–H groups in total. The van der Waals surface area contributed by atoms with Crippen LogP contribution in [0.3, 0.4) is 0 Å². The van der Waals surface area contributed by atoms with Crippen molar-refractivity contribution >= 4 is 0 Å². The number of ether oxygens (including phenoxy) is 1. The molecule has 2 aromatic carbocycles. The highest BCUT2D eigenvalue weighted by Crippen LogP contribution is 2.28. The van der Waals surface area contributed by atoms with Crippen LogP contribution in [0.25, 0.3) is 0 Å². The zero-order valence-corrected chi connectivity index (χ0v) is 11.3. The van der Waals surface area contributed by atoms with E-state index in [1.54, 1.807) is 12.1 Å². The molecule has 3 rings (SSSR count). The quantitative estimate of drug-likeness (QED) is 0.844. The molecule has 0 aliphatic carbocycles. The molecule has 2 nitrogen and oxygen atoms in total. The number of nitrogens with one attached hydrogen (secondary N) is 1. The Morgan fingerprint density at radius 2 is 2.00 bits per heavy atom. The Labute approximate surface area is 118 Å². The molecule has 0 fully saturated rings. The van der Waals surface area contributed by atoms with Gasteiger partial charge in [0.1, 0.15) is 17.7 Å². The van der Waals surface area contributed by atoms with Crippen molar-refractivity contribution in [1.29, 1.82) is 0 Å². The fourth-order valence-electron chi connectivity index (χ4n) is 2.54. The third kappa shape index (κ3) is 3.17. The fraction of sp³-hybridized carbons (Fsp3) is 0.294. The normalized spacial score (nSPS) is 16.8. The Balaban J connectivity index is 1.43. The predicted molar refractivity (Wildman–Crippen MR) is 77.5 cm³/mol. The van der Waals surface area contributed by atoms with E-state index in [0.29, 0.717) is 0 Å². The van der Waals surface area contributed by atoms with Gasteiger partial charge in [0.2, 0.25) is 0 Å². The van der Waals surface area contributed by atoms with Gasteiger partial charge in [-0.15, -0.1) is 0 Å². The average Bonchev–Trinajstić information content (AvgIpc) is 2.86. The molecular formula is C17H18FNO. The van der Waals surface area contributed by atoms with Gasteiger partial charge < -0.3 is 10.1 Å². The van der Waals surface area contributed by atoms with Gasteiger partial charge in [-0.1, -0.05) is 30.3 Å². The summed E-state index contributed by atoms with van der Waals surface area (Å²) in [5, 5.41) is 3.41. The Morgan fingerprint density at radius 1 is 1.15 bits per heavy atom. The number of rotatable bonds is 5. The van der Waals surface area contributed by atoms with E-state index in [9.17, 15) is 4.39 Å². The summed E-state index contributed by atoms with van der Waals surface area (Å²) < 4.78 is 18.9. The Kier molecular flexibility index (Phi) is 3.97. The number of hydrogen-bond donors (Lipinski definition) is 1. The first-order valence-corrected chi connectivity index (χ1v) is 7.01. The van der Waals surface area contributed by atoms with E-state index >= 15 is 0 Å². The van der Waals surface area contributed by atoms with Crippen molar-refractivity contribution in [1.82, 2.24) is 5.32 Å². The minimum atomic E-state index is -0.190. The molecule has 1 atom stereocenters.